The Kier molecular flexibility index (Phi) is 2.17. The van der Waals surface area contributed by atoms with Crippen molar-refractivity contribution in [1.29, 1.82) is 0 Å². The first-order valence-electron chi connectivity index (χ1n) is 4.20. The largest absolute Gasteiger partial charge is 0.291 e. The molecular formula is C10H17N. The van der Waals surface area contributed by atoms with Gasteiger partial charge in [0.25, 0.3) is 0 Å². The molecule has 0 aromatic carbocycles. The fraction of sp³-hybridized carbons (Fsp3) is 0.700. The maximum Gasteiger partial charge on any atom is 0.0554 e. The molecule has 0 aromatic rings. The molecule has 1 atom stereocenters. The van der Waals surface area contributed by atoms with Crippen LogP contribution < -0.4 is 0 Å². The van der Waals surface area contributed by atoms with Crippen molar-refractivity contribution >= 4 is 6.21 Å². The molecule has 1 heterocycles. The number of rotatable bonds is 1. The summed E-state index contributed by atoms with van der Waals surface area (Å²) >= 11 is 0. The molecule has 0 spiro atoms. The summed E-state index contributed by atoms with van der Waals surface area (Å²) in [6.07, 6.45) is 4.28. The van der Waals surface area contributed by atoms with Gasteiger partial charge in [-0.1, -0.05) is 12.2 Å². The third-order valence-corrected chi connectivity index (χ3v) is 2.27. The third kappa shape index (κ3) is 2.18. The second-order valence-electron chi connectivity index (χ2n) is 4.11. The molecule has 0 amide bonds. The van der Waals surface area contributed by atoms with Crippen LogP contribution in [0.15, 0.2) is 17.1 Å². The van der Waals surface area contributed by atoms with Gasteiger partial charge in [-0.2, -0.15) is 0 Å². The molecule has 0 radical (unpaired) electrons. The van der Waals surface area contributed by atoms with Crippen molar-refractivity contribution < 1.29 is 0 Å². The van der Waals surface area contributed by atoms with E-state index in [9.17, 15) is 0 Å². The zero-order valence-corrected chi connectivity index (χ0v) is 7.72. The zero-order chi connectivity index (χ0) is 8.48. The summed E-state index contributed by atoms with van der Waals surface area (Å²) in [4.78, 5) is 4.43. The topological polar surface area (TPSA) is 12.4 Å². The van der Waals surface area contributed by atoms with Crippen LogP contribution in [0, 0.1) is 5.92 Å². The minimum absolute atomic E-state index is 0.141. The molecule has 1 rings (SSSR count). The van der Waals surface area contributed by atoms with Crippen molar-refractivity contribution in [2.45, 2.75) is 39.2 Å². The Balaban J connectivity index is 2.66. The van der Waals surface area contributed by atoms with Crippen LogP contribution in [-0.2, 0) is 0 Å². The summed E-state index contributed by atoms with van der Waals surface area (Å²) in [6.45, 7) is 10.5. The Morgan fingerprint density at radius 1 is 1.64 bits per heavy atom. The maximum absolute atomic E-state index is 4.43. The highest BCUT2D eigenvalue weighted by Gasteiger charge is 2.25. The minimum Gasteiger partial charge on any atom is -0.291 e. The van der Waals surface area contributed by atoms with E-state index in [1.54, 1.807) is 0 Å². The predicted molar refractivity (Wildman–Crippen MR) is 50.1 cm³/mol. The maximum atomic E-state index is 4.43. The molecule has 0 bridgehead atoms. The Labute approximate surface area is 69.2 Å². The molecular weight excluding hydrogens is 134 g/mol. The Morgan fingerprint density at radius 2 is 2.27 bits per heavy atom. The van der Waals surface area contributed by atoms with Gasteiger partial charge in [-0.15, -0.1) is 0 Å². The molecule has 0 N–H and O–H groups in total. The van der Waals surface area contributed by atoms with Gasteiger partial charge in [0, 0.05) is 0 Å². The molecule has 11 heavy (non-hydrogen) atoms. The number of hydrogen-bond acceptors (Lipinski definition) is 1. The van der Waals surface area contributed by atoms with Gasteiger partial charge >= 0.3 is 0 Å². The van der Waals surface area contributed by atoms with E-state index < -0.39 is 0 Å². The van der Waals surface area contributed by atoms with Gasteiger partial charge in [0.2, 0.25) is 0 Å². The van der Waals surface area contributed by atoms with Crippen LogP contribution in [0.1, 0.15) is 33.6 Å². The van der Waals surface area contributed by atoms with E-state index in [0.29, 0.717) is 5.92 Å². The van der Waals surface area contributed by atoms with Gasteiger partial charge in [0.1, 0.15) is 0 Å². The molecule has 0 fully saturated rings. The molecule has 1 unspecified atom stereocenters. The smallest absolute Gasteiger partial charge is 0.0554 e. The van der Waals surface area contributed by atoms with Crippen LogP contribution in [0.3, 0.4) is 0 Å². The first kappa shape index (κ1) is 8.51. The monoisotopic (exact) mass is 151 g/mol. The second kappa shape index (κ2) is 2.80. The fourth-order valence-electron chi connectivity index (χ4n) is 1.54. The molecule has 1 nitrogen and oxygen atoms in total. The van der Waals surface area contributed by atoms with Gasteiger partial charge < -0.3 is 0 Å². The molecule has 1 aliphatic heterocycles. The van der Waals surface area contributed by atoms with Crippen molar-refractivity contribution in [3.05, 3.63) is 12.2 Å². The lowest BCUT2D eigenvalue weighted by atomic mass is 9.83. The molecule has 0 aliphatic carbocycles. The van der Waals surface area contributed by atoms with Crippen LogP contribution in [0.5, 0.6) is 0 Å². The number of hydrogen-bond donors (Lipinski definition) is 0. The summed E-state index contributed by atoms with van der Waals surface area (Å²) in [7, 11) is 0. The Hall–Kier alpha value is -0.590. The Morgan fingerprint density at radius 3 is 2.64 bits per heavy atom. The minimum atomic E-state index is 0.141. The third-order valence-electron chi connectivity index (χ3n) is 2.27. The highest BCUT2D eigenvalue weighted by Crippen LogP contribution is 2.29. The summed E-state index contributed by atoms with van der Waals surface area (Å²) < 4.78 is 0. The van der Waals surface area contributed by atoms with E-state index in [1.165, 1.54) is 5.57 Å². The molecule has 0 saturated heterocycles. The highest BCUT2D eigenvalue weighted by atomic mass is 14.8. The van der Waals surface area contributed by atoms with Crippen LogP contribution in [0.4, 0.5) is 0 Å². The van der Waals surface area contributed by atoms with Gasteiger partial charge in [0.05, 0.1) is 5.54 Å². The summed E-state index contributed by atoms with van der Waals surface area (Å²) in [5, 5.41) is 0. The van der Waals surface area contributed by atoms with Gasteiger partial charge in [0.15, 0.2) is 0 Å². The van der Waals surface area contributed by atoms with Gasteiger partial charge in [-0.05, 0) is 45.7 Å². The lowest BCUT2D eigenvalue weighted by Gasteiger charge is -2.29. The molecule has 1 heteroatoms. The Bertz CT molecular complexity index is 189. The van der Waals surface area contributed by atoms with Crippen LogP contribution in [-0.4, -0.2) is 11.8 Å². The van der Waals surface area contributed by atoms with E-state index in [-0.39, 0.29) is 5.54 Å². The van der Waals surface area contributed by atoms with Crippen LogP contribution in [0.25, 0.3) is 0 Å². The lowest BCUT2D eigenvalue weighted by molar-refractivity contribution is 0.387. The van der Waals surface area contributed by atoms with Crippen molar-refractivity contribution in [2.24, 2.45) is 10.9 Å². The van der Waals surface area contributed by atoms with E-state index in [1.807, 2.05) is 6.21 Å². The predicted octanol–water partition coefficient (Wildman–Crippen LogP) is 2.82. The molecule has 62 valence electrons. The number of aliphatic imine (C=N–C) groups is 1. The van der Waals surface area contributed by atoms with E-state index >= 15 is 0 Å². The average Bonchev–Trinajstić information content (AvgIpc) is 1.85. The summed E-state index contributed by atoms with van der Waals surface area (Å²) in [5.74, 6) is 0.655. The SMILES string of the molecule is C=C(C)C1CC=NC(C)(C)C1. The van der Waals surface area contributed by atoms with Crippen molar-refractivity contribution in [1.82, 2.24) is 0 Å². The highest BCUT2D eigenvalue weighted by molar-refractivity contribution is 5.60. The number of allylic oxidation sites excluding steroid dienone is 1. The van der Waals surface area contributed by atoms with Gasteiger partial charge in [-0.3, -0.25) is 4.99 Å². The summed E-state index contributed by atoms with van der Waals surface area (Å²) in [5.41, 5.74) is 1.44. The van der Waals surface area contributed by atoms with E-state index in [4.69, 9.17) is 0 Å². The van der Waals surface area contributed by atoms with Gasteiger partial charge in [-0.25, -0.2) is 0 Å². The number of nitrogens with zero attached hydrogens (tertiary/aromatic N) is 1. The molecule has 1 aliphatic rings. The first-order chi connectivity index (χ1) is 5.01. The first-order valence-corrected chi connectivity index (χ1v) is 4.20. The van der Waals surface area contributed by atoms with E-state index in [2.05, 4.69) is 32.3 Å². The standard InChI is InChI=1S/C10H17N/c1-8(2)9-5-6-11-10(3,4)7-9/h6,9H,1,5,7H2,2-4H3. The lowest BCUT2D eigenvalue weighted by Crippen LogP contribution is -2.26. The van der Waals surface area contributed by atoms with E-state index in [0.717, 1.165) is 12.8 Å². The second-order valence-corrected chi connectivity index (χ2v) is 4.11. The molecule has 0 saturated carbocycles. The zero-order valence-electron chi connectivity index (χ0n) is 7.72. The quantitative estimate of drug-likeness (QED) is 0.511. The normalized spacial score (nSPS) is 28.5. The van der Waals surface area contributed by atoms with Crippen molar-refractivity contribution in [3.8, 4) is 0 Å². The van der Waals surface area contributed by atoms with Crippen molar-refractivity contribution in [2.75, 3.05) is 0 Å². The summed E-state index contributed by atoms with van der Waals surface area (Å²) in [6, 6.07) is 0. The van der Waals surface area contributed by atoms with Crippen molar-refractivity contribution in [3.63, 3.8) is 0 Å². The van der Waals surface area contributed by atoms with Crippen LogP contribution in [0.2, 0.25) is 0 Å². The van der Waals surface area contributed by atoms with Crippen LogP contribution >= 0.6 is 0 Å². The fourth-order valence-corrected chi connectivity index (χ4v) is 1.54. The average molecular weight is 151 g/mol. The molecule has 0 aromatic heterocycles.